The second-order valence-electron chi connectivity index (χ2n) is 6.33. The van der Waals surface area contributed by atoms with E-state index in [1.165, 1.54) is 5.01 Å². The van der Waals surface area contributed by atoms with Crippen LogP contribution in [0.4, 0.5) is 0 Å². The van der Waals surface area contributed by atoms with Gasteiger partial charge in [0.2, 0.25) is 5.91 Å². The van der Waals surface area contributed by atoms with Crippen LogP contribution >= 0.6 is 0 Å². The largest absolute Gasteiger partial charge is 0.338 e. The van der Waals surface area contributed by atoms with Crippen LogP contribution in [0, 0.1) is 12.8 Å². The van der Waals surface area contributed by atoms with Crippen molar-refractivity contribution in [3.05, 3.63) is 18.2 Å². The van der Waals surface area contributed by atoms with Crippen molar-refractivity contribution in [3.8, 4) is 0 Å². The van der Waals surface area contributed by atoms with E-state index in [0.717, 1.165) is 38.3 Å². The van der Waals surface area contributed by atoms with Gasteiger partial charge in [-0.15, -0.1) is 0 Å². The Morgan fingerprint density at radius 2 is 2.04 bits per heavy atom. The second-order valence-corrected chi connectivity index (χ2v) is 6.33. The van der Waals surface area contributed by atoms with E-state index in [2.05, 4.69) is 14.7 Å². The molecular weight excluding hydrogens is 294 g/mol. The normalized spacial score (nSPS) is 19.9. The maximum atomic E-state index is 12.5. The van der Waals surface area contributed by atoms with Crippen molar-refractivity contribution in [2.75, 3.05) is 20.1 Å². The summed E-state index contributed by atoms with van der Waals surface area (Å²) in [5, 5.41) is 5.41. The zero-order valence-corrected chi connectivity index (χ0v) is 13.7. The van der Waals surface area contributed by atoms with Gasteiger partial charge in [-0.3, -0.25) is 9.59 Å². The molecule has 2 amide bonds. The number of carbonyl (C=O) groups excluding carboxylic acids is 2. The Balaban J connectivity index is 1.54. The number of rotatable bonds is 3. The number of hydrogen-bond donors (Lipinski definition) is 0. The molecule has 3 rings (SSSR count). The van der Waals surface area contributed by atoms with Gasteiger partial charge in [0.15, 0.2) is 0 Å². The summed E-state index contributed by atoms with van der Waals surface area (Å²) in [6.45, 7) is 4.49. The lowest BCUT2D eigenvalue weighted by molar-refractivity contribution is -0.130. The zero-order valence-electron chi connectivity index (χ0n) is 13.7. The molecule has 0 atom stereocenters. The summed E-state index contributed by atoms with van der Waals surface area (Å²) < 4.78 is 2.17. The minimum absolute atomic E-state index is 0.0124. The molecule has 124 valence electrons. The van der Waals surface area contributed by atoms with Crippen LogP contribution in [-0.2, 0) is 16.1 Å². The molecule has 1 aromatic heterocycles. The first-order valence-corrected chi connectivity index (χ1v) is 8.15. The van der Waals surface area contributed by atoms with Gasteiger partial charge < -0.3 is 9.47 Å². The third kappa shape index (κ3) is 3.43. The Bertz CT molecular complexity index is 628. The molecule has 7 heteroatoms. The fourth-order valence-electron chi connectivity index (χ4n) is 3.20. The fourth-order valence-corrected chi connectivity index (χ4v) is 3.20. The van der Waals surface area contributed by atoms with Gasteiger partial charge in [-0.25, -0.2) is 9.99 Å². The predicted molar refractivity (Wildman–Crippen MR) is 85.7 cm³/mol. The van der Waals surface area contributed by atoms with Crippen molar-refractivity contribution in [2.24, 2.45) is 11.0 Å². The second kappa shape index (κ2) is 6.52. The fraction of sp³-hybridized carbons (Fsp3) is 0.625. The molecule has 0 aromatic carbocycles. The first kappa shape index (κ1) is 15.7. The molecule has 0 N–H and O–H groups in total. The lowest BCUT2D eigenvalue weighted by atomic mass is 9.96. The number of likely N-dealkylation sites (tertiary alicyclic amines) is 1. The smallest absolute Gasteiger partial charge is 0.270 e. The number of amides is 2. The quantitative estimate of drug-likeness (QED) is 0.836. The monoisotopic (exact) mass is 317 g/mol. The standard InChI is InChI=1S/C16H23N5O2/c1-12-17-7-10-21(12)11-13-5-8-20(9-6-13)16(23)14-3-4-15(22)19(2)18-14/h7,10,13H,3-6,8-9,11H2,1-2H3. The summed E-state index contributed by atoms with van der Waals surface area (Å²) in [4.78, 5) is 30.1. The summed E-state index contributed by atoms with van der Waals surface area (Å²) in [6.07, 6.45) is 6.65. The minimum atomic E-state index is -0.0315. The molecule has 0 unspecified atom stereocenters. The molecule has 0 bridgehead atoms. The number of aromatic nitrogens is 2. The van der Waals surface area contributed by atoms with E-state index in [0.29, 0.717) is 24.5 Å². The summed E-state index contributed by atoms with van der Waals surface area (Å²) >= 11 is 0. The van der Waals surface area contributed by atoms with Crippen molar-refractivity contribution in [3.63, 3.8) is 0 Å². The van der Waals surface area contributed by atoms with E-state index < -0.39 is 0 Å². The van der Waals surface area contributed by atoms with Gasteiger partial charge in [-0.2, -0.15) is 5.10 Å². The van der Waals surface area contributed by atoms with Crippen molar-refractivity contribution in [1.29, 1.82) is 0 Å². The summed E-state index contributed by atoms with van der Waals surface area (Å²) in [7, 11) is 1.61. The number of imidazole rings is 1. The number of hydrogen-bond acceptors (Lipinski definition) is 4. The zero-order chi connectivity index (χ0) is 16.4. The van der Waals surface area contributed by atoms with Crippen molar-refractivity contribution in [1.82, 2.24) is 19.5 Å². The summed E-state index contributed by atoms with van der Waals surface area (Å²) in [5.74, 6) is 1.56. The third-order valence-corrected chi connectivity index (χ3v) is 4.73. The van der Waals surface area contributed by atoms with Crippen LogP contribution in [0.2, 0.25) is 0 Å². The van der Waals surface area contributed by atoms with E-state index in [1.54, 1.807) is 7.05 Å². The van der Waals surface area contributed by atoms with Gasteiger partial charge in [0.1, 0.15) is 11.5 Å². The number of hydrazone groups is 1. The van der Waals surface area contributed by atoms with Crippen LogP contribution in [0.15, 0.2) is 17.5 Å². The Kier molecular flexibility index (Phi) is 4.45. The molecule has 0 saturated carbocycles. The molecule has 23 heavy (non-hydrogen) atoms. The molecule has 7 nitrogen and oxygen atoms in total. The van der Waals surface area contributed by atoms with E-state index in [4.69, 9.17) is 0 Å². The SMILES string of the molecule is Cc1nccn1CC1CCN(C(=O)C2=NN(C)C(=O)CC2)CC1. The molecule has 2 aliphatic rings. The van der Waals surface area contributed by atoms with Gasteiger partial charge >= 0.3 is 0 Å². The Labute approximate surface area is 136 Å². The molecule has 2 aliphatic heterocycles. The maximum absolute atomic E-state index is 12.5. The maximum Gasteiger partial charge on any atom is 0.270 e. The van der Waals surface area contributed by atoms with E-state index >= 15 is 0 Å². The molecule has 0 spiro atoms. The first-order valence-electron chi connectivity index (χ1n) is 8.15. The van der Waals surface area contributed by atoms with Gasteiger partial charge in [-0.05, 0) is 25.7 Å². The Hall–Kier alpha value is -2.18. The first-order chi connectivity index (χ1) is 11.0. The van der Waals surface area contributed by atoms with Gasteiger partial charge in [0.05, 0.1) is 0 Å². The molecule has 0 radical (unpaired) electrons. The Morgan fingerprint density at radius 3 is 2.65 bits per heavy atom. The number of aryl methyl sites for hydroxylation is 1. The highest BCUT2D eigenvalue weighted by molar-refractivity contribution is 6.39. The van der Waals surface area contributed by atoms with E-state index in [1.807, 2.05) is 24.2 Å². The van der Waals surface area contributed by atoms with E-state index in [-0.39, 0.29) is 11.8 Å². The molecule has 3 heterocycles. The number of piperidine rings is 1. The van der Waals surface area contributed by atoms with Crippen molar-refractivity contribution < 1.29 is 9.59 Å². The average Bonchev–Trinajstić information content (AvgIpc) is 2.95. The van der Waals surface area contributed by atoms with Gasteiger partial charge in [-0.1, -0.05) is 0 Å². The van der Waals surface area contributed by atoms with E-state index in [9.17, 15) is 9.59 Å². The molecule has 1 saturated heterocycles. The van der Waals surface area contributed by atoms with Crippen LogP contribution in [0.1, 0.15) is 31.5 Å². The van der Waals surface area contributed by atoms with Crippen LogP contribution < -0.4 is 0 Å². The topological polar surface area (TPSA) is 70.8 Å². The Morgan fingerprint density at radius 1 is 1.30 bits per heavy atom. The lowest BCUT2D eigenvalue weighted by Crippen LogP contribution is -2.44. The highest BCUT2D eigenvalue weighted by atomic mass is 16.2. The average molecular weight is 317 g/mol. The third-order valence-electron chi connectivity index (χ3n) is 4.73. The highest BCUT2D eigenvalue weighted by Gasteiger charge is 2.29. The minimum Gasteiger partial charge on any atom is -0.338 e. The molecular formula is C16H23N5O2. The van der Waals surface area contributed by atoms with Crippen molar-refractivity contribution in [2.45, 2.75) is 39.2 Å². The van der Waals surface area contributed by atoms with Crippen molar-refractivity contribution >= 4 is 17.5 Å². The summed E-state index contributed by atoms with van der Waals surface area (Å²) in [5.41, 5.74) is 0.510. The van der Waals surface area contributed by atoms with Crippen LogP contribution in [0.25, 0.3) is 0 Å². The van der Waals surface area contributed by atoms with Crippen LogP contribution in [0.3, 0.4) is 0 Å². The molecule has 1 fully saturated rings. The summed E-state index contributed by atoms with van der Waals surface area (Å²) in [6, 6.07) is 0. The van der Waals surface area contributed by atoms with Gasteiger partial charge in [0.25, 0.3) is 5.91 Å². The number of nitrogens with zero attached hydrogens (tertiary/aromatic N) is 5. The number of carbonyl (C=O) groups is 2. The lowest BCUT2D eigenvalue weighted by Gasteiger charge is -2.33. The highest BCUT2D eigenvalue weighted by Crippen LogP contribution is 2.21. The molecule has 0 aliphatic carbocycles. The van der Waals surface area contributed by atoms with Crippen LogP contribution in [0.5, 0.6) is 0 Å². The van der Waals surface area contributed by atoms with Crippen LogP contribution in [-0.4, -0.2) is 57.1 Å². The predicted octanol–water partition coefficient (Wildman–Crippen LogP) is 1.04. The van der Waals surface area contributed by atoms with Gasteiger partial charge in [0, 0.05) is 51.9 Å². The molecule has 1 aromatic rings.